The Morgan fingerprint density at radius 1 is 1.21 bits per heavy atom. The molecule has 0 bridgehead atoms. The number of rotatable bonds is 5. The van der Waals surface area contributed by atoms with Gasteiger partial charge in [0.25, 0.3) is 0 Å². The number of phenolic OH excluding ortho intramolecular Hbond substituents is 1. The molecule has 2 unspecified atom stereocenters. The van der Waals surface area contributed by atoms with Crippen LogP contribution in [0.15, 0.2) is 27.4 Å². The van der Waals surface area contributed by atoms with Crippen molar-refractivity contribution in [1.29, 1.82) is 0 Å². The summed E-state index contributed by atoms with van der Waals surface area (Å²) in [7, 11) is 2.11. The zero-order valence-corrected chi connectivity index (χ0v) is 17.1. The van der Waals surface area contributed by atoms with E-state index >= 15 is 0 Å². The van der Waals surface area contributed by atoms with E-state index in [1.807, 2.05) is 13.0 Å². The van der Waals surface area contributed by atoms with Crippen LogP contribution in [0.4, 0.5) is 0 Å². The fraction of sp³-hybridized carbons (Fsp3) is 0.609. The van der Waals surface area contributed by atoms with Crippen LogP contribution in [-0.4, -0.2) is 47.6 Å². The van der Waals surface area contributed by atoms with Crippen LogP contribution >= 0.6 is 0 Å². The average Bonchev–Trinajstić information content (AvgIpc) is 2.70. The second kappa shape index (κ2) is 8.26. The van der Waals surface area contributed by atoms with Gasteiger partial charge in [-0.3, -0.25) is 0 Å². The van der Waals surface area contributed by atoms with Crippen molar-refractivity contribution in [3.05, 3.63) is 39.7 Å². The Morgan fingerprint density at radius 2 is 2.04 bits per heavy atom. The standard InChI is InChI=1S/C23H32N2O3/c1-3-16-13-22(27)28-23-18(16)9-10-21(26)19(23)15-24(2)14-17-7-6-12-25-11-5-4-8-20(17)25/h9-10,13,17,20,26H,3-8,11-12,14-15H2,1-2H3. The minimum absolute atomic E-state index is 0.207. The number of hydrogen-bond acceptors (Lipinski definition) is 5. The lowest BCUT2D eigenvalue weighted by Gasteiger charge is -2.45. The first kappa shape index (κ1) is 19.5. The zero-order chi connectivity index (χ0) is 19.7. The third-order valence-corrected chi connectivity index (χ3v) is 6.66. The molecule has 2 aliphatic rings. The topological polar surface area (TPSA) is 56.9 Å². The van der Waals surface area contributed by atoms with E-state index in [1.165, 1.54) is 45.2 Å². The number of hydrogen-bond donors (Lipinski definition) is 1. The molecule has 0 amide bonds. The van der Waals surface area contributed by atoms with Crippen molar-refractivity contribution in [2.24, 2.45) is 5.92 Å². The largest absolute Gasteiger partial charge is 0.507 e. The minimum atomic E-state index is -0.344. The number of aromatic hydroxyl groups is 1. The van der Waals surface area contributed by atoms with Crippen molar-refractivity contribution in [2.45, 2.75) is 58.0 Å². The van der Waals surface area contributed by atoms with Crippen molar-refractivity contribution < 1.29 is 9.52 Å². The van der Waals surface area contributed by atoms with Crippen molar-refractivity contribution >= 4 is 11.0 Å². The molecular weight excluding hydrogens is 352 g/mol. The first-order chi connectivity index (χ1) is 13.6. The molecule has 0 aliphatic carbocycles. The highest BCUT2D eigenvalue weighted by molar-refractivity contribution is 5.85. The molecule has 2 aliphatic heterocycles. The molecule has 5 heteroatoms. The van der Waals surface area contributed by atoms with Gasteiger partial charge < -0.3 is 19.3 Å². The summed E-state index contributed by atoms with van der Waals surface area (Å²) in [5.41, 5.74) is 1.90. The molecule has 1 aromatic heterocycles. The monoisotopic (exact) mass is 384 g/mol. The molecule has 5 nitrogen and oxygen atoms in total. The van der Waals surface area contributed by atoms with E-state index in [0.717, 1.165) is 29.5 Å². The summed E-state index contributed by atoms with van der Waals surface area (Å²) in [6.07, 6.45) is 7.32. The maximum absolute atomic E-state index is 12.0. The Labute approximate surface area is 166 Å². The highest BCUT2D eigenvalue weighted by Gasteiger charge is 2.33. The summed E-state index contributed by atoms with van der Waals surface area (Å²) in [6, 6.07) is 5.85. The highest BCUT2D eigenvalue weighted by atomic mass is 16.4. The Kier molecular flexibility index (Phi) is 5.74. The Balaban J connectivity index is 1.56. The molecule has 28 heavy (non-hydrogen) atoms. The quantitative estimate of drug-likeness (QED) is 0.796. The Morgan fingerprint density at radius 3 is 2.86 bits per heavy atom. The summed E-state index contributed by atoms with van der Waals surface area (Å²) in [6.45, 7) is 6.13. The van der Waals surface area contributed by atoms with Crippen LogP contribution in [0.1, 0.15) is 50.2 Å². The van der Waals surface area contributed by atoms with Gasteiger partial charge in [-0.15, -0.1) is 0 Å². The summed E-state index contributed by atoms with van der Waals surface area (Å²) in [5, 5.41) is 11.4. The third kappa shape index (κ3) is 3.83. The number of fused-ring (bicyclic) bond motifs is 2. The van der Waals surface area contributed by atoms with Crippen LogP contribution in [0.5, 0.6) is 5.75 Å². The van der Waals surface area contributed by atoms with Gasteiger partial charge in [0.2, 0.25) is 0 Å². The van der Waals surface area contributed by atoms with E-state index in [2.05, 4.69) is 16.8 Å². The summed E-state index contributed by atoms with van der Waals surface area (Å²) >= 11 is 0. The van der Waals surface area contributed by atoms with Gasteiger partial charge in [-0.05, 0) is 75.9 Å². The van der Waals surface area contributed by atoms with E-state index in [0.29, 0.717) is 24.1 Å². The van der Waals surface area contributed by atoms with Crippen molar-refractivity contribution in [2.75, 3.05) is 26.7 Å². The molecule has 152 valence electrons. The summed E-state index contributed by atoms with van der Waals surface area (Å²) < 4.78 is 5.54. The van der Waals surface area contributed by atoms with Gasteiger partial charge >= 0.3 is 5.63 Å². The van der Waals surface area contributed by atoms with Gasteiger partial charge in [0, 0.05) is 30.6 Å². The number of benzene rings is 1. The fourth-order valence-electron chi connectivity index (χ4n) is 5.31. The molecule has 3 heterocycles. The van der Waals surface area contributed by atoms with Crippen LogP contribution in [0.2, 0.25) is 0 Å². The molecule has 2 fully saturated rings. The van der Waals surface area contributed by atoms with Crippen molar-refractivity contribution in [3.8, 4) is 5.75 Å². The van der Waals surface area contributed by atoms with Gasteiger partial charge in [0.15, 0.2) is 0 Å². The highest BCUT2D eigenvalue weighted by Crippen LogP contribution is 2.33. The van der Waals surface area contributed by atoms with E-state index in [-0.39, 0.29) is 11.4 Å². The Bertz CT molecular complexity index is 889. The summed E-state index contributed by atoms with van der Waals surface area (Å²) in [4.78, 5) is 17.0. The normalized spacial score (nSPS) is 23.2. The van der Waals surface area contributed by atoms with Crippen LogP contribution in [0.25, 0.3) is 11.0 Å². The molecule has 2 saturated heterocycles. The van der Waals surface area contributed by atoms with Crippen LogP contribution in [-0.2, 0) is 13.0 Å². The number of piperidine rings is 2. The Hall–Kier alpha value is -1.85. The maximum atomic E-state index is 12.0. The first-order valence-corrected chi connectivity index (χ1v) is 10.8. The van der Waals surface area contributed by atoms with E-state index < -0.39 is 0 Å². The lowest BCUT2D eigenvalue weighted by atomic mass is 9.83. The van der Waals surface area contributed by atoms with Crippen LogP contribution < -0.4 is 5.63 Å². The summed E-state index contributed by atoms with van der Waals surface area (Å²) in [5.74, 6) is 0.882. The lowest BCUT2D eigenvalue weighted by Crippen LogP contribution is -2.50. The maximum Gasteiger partial charge on any atom is 0.336 e. The molecule has 0 spiro atoms. The second-order valence-corrected chi connectivity index (χ2v) is 8.58. The molecular formula is C23H32N2O3. The SMILES string of the molecule is CCc1cc(=O)oc2c(CN(C)CC3CCCN4CCCCC34)c(O)ccc12. The zero-order valence-electron chi connectivity index (χ0n) is 17.1. The van der Waals surface area contributed by atoms with Gasteiger partial charge in [0.1, 0.15) is 11.3 Å². The number of nitrogens with zero attached hydrogens (tertiary/aromatic N) is 2. The predicted octanol–water partition coefficient (Wildman–Crippen LogP) is 3.76. The van der Waals surface area contributed by atoms with Crippen molar-refractivity contribution in [1.82, 2.24) is 9.80 Å². The van der Waals surface area contributed by atoms with Gasteiger partial charge in [-0.25, -0.2) is 4.79 Å². The molecule has 2 aromatic rings. The molecule has 1 N–H and O–H groups in total. The van der Waals surface area contributed by atoms with E-state index in [9.17, 15) is 9.90 Å². The average molecular weight is 385 g/mol. The van der Waals surface area contributed by atoms with Crippen LogP contribution in [0, 0.1) is 5.92 Å². The molecule has 2 atom stereocenters. The molecule has 0 saturated carbocycles. The first-order valence-electron chi connectivity index (χ1n) is 10.8. The number of aryl methyl sites for hydroxylation is 1. The minimum Gasteiger partial charge on any atom is -0.507 e. The smallest absolute Gasteiger partial charge is 0.336 e. The van der Waals surface area contributed by atoms with Gasteiger partial charge in [-0.1, -0.05) is 13.3 Å². The third-order valence-electron chi connectivity index (χ3n) is 6.66. The van der Waals surface area contributed by atoms with Gasteiger partial charge in [-0.2, -0.15) is 0 Å². The lowest BCUT2D eigenvalue weighted by molar-refractivity contribution is 0.0434. The predicted molar refractivity (Wildman–Crippen MR) is 112 cm³/mol. The molecule has 1 aromatic carbocycles. The van der Waals surface area contributed by atoms with E-state index in [1.54, 1.807) is 12.1 Å². The number of phenols is 1. The fourth-order valence-corrected chi connectivity index (χ4v) is 5.31. The van der Waals surface area contributed by atoms with Crippen molar-refractivity contribution in [3.63, 3.8) is 0 Å². The van der Waals surface area contributed by atoms with Crippen LogP contribution in [0.3, 0.4) is 0 Å². The molecule has 4 rings (SSSR count). The molecule has 0 radical (unpaired) electrons. The van der Waals surface area contributed by atoms with Gasteiger partial charge in [0.05, 0.1) is 5.56 Å². The second-order valence-electron chi connectivity index (χ2n) is 8.58. The van der Waals surface area contributed by atoms with E-state index in [4.69, 9.17) is 4.42 Å².